The smallest absolute Gasteiger partial charge is 0.410 e. The first-order valence-electron chi connectivity index (χ1n) is 6.94. The first-order chi connectivity index (χ1) is 9.80. The lowest BCUT2D eigenvalue weighted by molar-refractivity contribution is 0.0225. The topological polar surface area (TPSA) is 68.7 Å². The molecule has 0 spiro atoms. The van der Waals surface area contributed by atoms with Gasteiger partial charge in [-0.05, 0) is 27.7 Å². The van der Waals surface area contributed by atoms with Gasteiger partial charge in [-0.25, -0.2) is 14.6 Å². The lowest BCUT2D eigenvalue weighted by Crippen LogP contribution is -2.39. The highest BCUT2D eigenvalue weighted by atomic mass is 32.1. The fraction of sp³-hybridized carbons (Fsp3) is 0.643. The summed E-state index contributed by atoms with van der Waals surface area (Å²) in [6, 6.07) is 0. The van der Waals surface area contributed by atoms with Crippen molar-refractivity contribution < 1.29 is 19.1 Å². The summed E-state index contributed by atoms with van der Waals surface area (Å²) in [5.74, 6) is -0.402. The average molecular weight is 312 g/mol. The lowest BCUT2D eigenvalue weighted by atomic mass is 10.2. The molecule has 1 amide bonds. The van der Waals surface area contributed by atoms with E-state index in [0.717, 1.165) is 10.6 Å². The Kier molecular flexibility index (Phi) is 4.51. The van der Waals surface area contributed by atoms with Crippen LogP contribution in [0.2, 0.25) is 0 Å². The van der Waals surface area contributed by atoms with Crippen LogP contribution in [0.25, 0.3) is 0 Å². The number of carbonyl (C=O) groups excluding carboxylic acids is 2. The first kappa shape index (κ1) is 15.8. The summed E-state index contributed by atoms with van der Waals surface area (Å²) in [7, 11) is 0. The summed E-state index contributed by atoms with van der Waals surface area (Å²) in [5, 5.41) is 0.355. The second kappa shape index (κ2) is 6.01. The molecule has 0 aromatic carbocycles. The Labute approximate surface area is 128 Å². The van der Waals surface area contributed by atoms with E-state index >= 15 is 0 Å². The van der Waals surface area contributed by atoms with E-state index in [1.807, 2.05) is 20.8 Å². The molecule has 21 heavy (non-hydrogen) atoms. The highest BCUT2D eigenvalue weighted by Crippen LogP contribution is 2.26. The number of amides is 1. The predicted octanol–water partition coefficient (Wildman–Crippen LogP) is 2.61. The molecule has 1 aromatic heterocycles. The van der Waals surface area contributed by atoms with Crippen LogP contribution in [0.3, 0.4) is 0 Å². The third-order valence-corrected chi connectivity index (χ3v) is 3.90. The summed E-state index contributed by atoms with van der Waals surface area (Å²) in [6.07, 6.45) is 0.295. The molecular weight excluding hydrogens is 292 g/mol. The van der Waals surface area contributed by atoms with Gasteiger partial charge in [0, 0.05) is 17.8 Å². The number of thiazole rings is 1. The van der Waals surface area contributed by atoms with Crippen LogP contribution in [0.1, 0.15) is 48.1 Å². The van der Waals surface area contributed by atoms with Crippen molar-refractivity contribution in [3.63, 3.8) is 0 Å². The number of aromatic nitrogens is 1. The van der Waals surface area contributed by atoms with Crippen molar-refractivity contribution in [1.82, 2.24) is 9.88 Å². The molecular formula is C14H20N2O4S. The Bertz CT molecular complexity index is 548. The first-order valence-corrected chi connectivity index (χ1v) is 7.75. The van der Waals surface area contributed by atoms with Crippen LogP contribution in [-0.2, 0) is 22.4 Å². The van der Waals surface area contributed by atoms with E-state index in [1.54, 1.807) is 11.8 Å². The third kappa shape index (κ3) is 3.93. The second-order valence-corrected chi connectivity index (χ2v) is 6.84. The molecule has 0 saturated carbocycles. The molecule has 2 heterocycles. The Hall–Kier alpha value is -1.63. The zero-order valence-electron chi connectivity index (χ0n) is 12.8. The maximum Gasteiger partial charge on any atom is 0.410 e. The predicted molar refractivity (Wildman–Crippen MR) is 78.4 cm³/mol. The van der Waals surface area contributed by atoms with Gasteiger partial charge in [0.1, 0.15) is 5.60 Å². The zero-order valence-corrected chi connectivity index (χ0v) is 13.6. The van der Waals surface area contributed by atoms with Gasteiger partial charge in [-0.3, -0.25) is 0 Å². The van der Waals surface area contributed by atoms with E-state index in [2.05, 4.69) is 4.98 Å². The summed E-state index contributed by atoms with van der Waals surface area (Å²) >= 11 is 1.29. The second-order valence-electron chi connectivity index (χ2n) is 5.76. The molecule has 1 aliphatic heterocycles. The molecule has 0 radical (unpaired) electrons. The highest BCUT2D eigenvalue weighted by molar-refractivity contribution is 7.13. The maximum atomic E-state index is 12.1. The van der Waals surface area contributed by atoms with E-state index < -0.39 is 11.6 Å². The monoisotopic (exact) mass is 312 g/mol. The molecule has 0 N–H and O–H groups in total. The third-order valence-electron chi connectivity index (χ3n) is 2.83. The largest absolute Gasteiger partial charge is 0.461 e. The molecule has 2 rings (SSSR count). The Morgan fingerprint density at radius 1 is 1.38 bits per heavy atom. The number of fused-ring (bicyclic) bond motifs is 1. The summed E-state index contributed by atoms with van der Waals surface area (Å²) in [5.41, 5.74) is 0.365. The molecule has 0 unspecified atom stereocenters. The summed E-state index contributed by atoms with van der Waals surface area (Å²) in [4.78, 5) is 30.6. The van der Waals surface area contributed by atoms with Crippen molar-refractivity contribution in [3.8, 4) is 0 Å². The number of rotatable bonds is 2. The van der Waals surface area contributed by atoms with Crippen molar-refractivity contribution in [2.24, 2.45) is 0 Å². The van der Waals surface area contributed by atoms with Gasteiger partial charge in [0.05, 0.1) is 18.8 Å². The molecule has 0 aliphatic carbocycles. The summed E-state index contributed by atoms with van der Waals surface area (Å²) < 4.78 is 10.3. The van der Waals surface area contributed by atoms with Crippen LogP contribution in [0.5, 0.6) is 0 Å². The molecule has 0 fully saturated rings. The van der Waals surface area contributed by atoms with E-state index in [0.29, 0.717) is 31.1 Å². The molecule has 0 bridgehead atoms. The minimum Gasteiger partial charge on any atom is -0.461 e. The summed E-state index contributed by atoms with van der Waals surface area (Å²) in [6.45, 7) is 8.58. The molecule has 1 aliphatic rings. The van der Waals surface area contributed by atoms with Crippen LogP contribution < -0.4 is 0 Å². The molecule has 0 saturated heterocycles. The number of ether oxygens (including phenoxy) is 2. The van der Waals surface area contributed by atoms with Gasteiger partial charge >= 0.3 is 12.1 Å². The van der Waals surface area contributed by atoms with Crippen LogP contribution in [0.15, 0.2) is 0 Å². The molecule has 0 atom stereocenters. The lowest BCUT2D eigenvalue weighted by Gasteiger charge is -2.29. The van der Waals surface area contributed by atoms with Crippen molar-refractivity contribution in [2.45, 2.75) is 46.3 Å². The van der Waals surface area contributed by atoms with Gasteiger partial charge in [0.15, 0.2) is 0 Å². The fourth-order valence-corrected chi connectivity index (χ4v) is 2.98. The number of hydrogen-bond donors (Lipinski definition) is 0. The van der Waals surface area contributed by atoms with E-state index in [-0.39, 0.29) is 6.09 Å². The minimum absolute atomic E-state index is 0.327. The minimum atomic E-state index is -0.513. The molecule has 1 aromatic rings. The Balaban J connectivity index is 2.07. The number of esters is 1. The highest BCUT2D eigenvalue weighted by Gasteiger charge is 2.28. The van der Waals surface area contributed by atoms with Crippen LogP contribution in [0, 0.1) is 0 Å². The van der Waals surface area contributed by atoms with Crippen molar-refractivity contribution >= 4 is 23.4 Å². The van der Waals surface area contributed by atoms with Gasteiger partial charge < -0.3 is 14.4 Å². The average Bonchev–Trinajstić information content (AvgIpc) is 2.79. The van der Waals surface area contributed by atoms with Crippen molar-refractivity contribution in [2.75, 3.05) is 13.2 Å². The van der Waals surface area contributed by atoms with Gasteiger partial charge in [0.25, 0.3) is 0 Å². The number of nitrogens with zero attached hydrogens (tertiary/aromatic N) is 2. The molecule has 7 heteroatoms. The maximum absolute atomic E-state index is 12.1. The Morgan fingerprint density at radius 2 is 2.10 bits per heavy atom. The standard InChI is InChI=1S/C14H20N2O4S/c1-5-19-12(17)11-15-9-6-7-16(8-10(9)21-11)13(18)20-14(2,3)4/h5-8H2,1-4H3. The van der Waals surface area contributed by atoms with E-state index in [4.69, 9.17) is 9.47 Å². The van der Waals surface area contributed by atoms with Gasteiger partial charge in [-0.1, -0.05) is 0 Å². The van der Waals surface area contributed by atoms with Gasteiger partial charge in [0.2, 0.25) is 5.01 Å². The fourth-order valence-electron chi connectivity index (χ4n) is 1.96. The van der Waals surface area contributed by atoms with Gasteiger partial charge in [-0.2, -0.15) is 0 Å². The van der Waals surface area contributed by atoms with Crippen LogP contribution in [0.4, 0.5) is 4.79 Å². The SMILES string of the molecule is CCOC(=O)c1nc2c(s1)CN(C(=O)OC(C)(C)C)CC2. The van der Waals surface area contributed by atoms with Gasteiger partial charge in [-0.15, -0.1) is 11.3 Å². The number of hydrogen-bond acceptors (Lipinski definition) is 6. The molecule has 116 valence electrons. The van der Waals surface area contributed by atoms with Crippen molar-refractivity contribution in [3.05, 3.63) is 15.6 Å². The molecule has 6 nitrogen and oxygen atoms in total. The van der Waals surface area contributed by atoms with E-state index in [9.17, 15) is 9.59 Å². The van der Waals surface area contributed by atoms with E-state index in [1.165, 1.54) is 11.3 Å². The van der Waals surface area contributed by atoms with Crippen LogP contribution >= 0.6 is 11.3 Å². The van der Waals surface area contributed by atoms with Crippen LogP contribution in [-0.4, -0.2) is 40.7 Å². The van der Waals surface area contributed by atoms with Crippen molar-refractivity contribution in [1.29, 1.82) is 0 Å². The quantitative estimate of drug-likeness (QED) is 0.785. The number of carbonyl (C=O) groups is 2. The Morgan fingerprint density at radius 3 is 2.71 bits per heavy atom. The normalized spacial score (nSPS) is 14.6. The zero-order chi connectivity index (χ0) is 15.6.